The van der Waals surface area contributed by atoms with Crippen LogP contribution in [-0.4, -0.2) is 4.57 Å². The Hall–Kier alpha value is -3.14. The number of thiophene rings is 1. The highest BCUT2D eigenvalue weighted by molar-refractivity contribution is 7.20. The summed E-state index contributed by atoms with van der Waals surface area (Å²) in [5.74, 6) is -0.297. The van der Waals surface area contributed by atoms with Gasteiger partial charge in [0.15, 0.2) is 0 Å². The summed E-state index contributed by atoms with van der Waals surface area (Å²) in [4.78, 5) is 13.6. The van der Waals surface area contributed by atoms with E-state index in [1.165, 1.54) is 28.0 Å². The standard InChI is InChI=1S/C21H13ClFN3OS/c1-12-10-13(6-8-16(12)23)25-20-14-7-9-19(27)26(21(14)28-18(20)11-24)17-5-3-2-4-15(17)22/h2-10,25H,1H3. The second-order valence-corrected chi connectivity index (χ2v) is 7.59. The zero-order chi connectivity index (χ0) is 19.8. The number of benzene rings is 2. The van der Waals surface area contributed by atoms with E-state index in [2.05, 4.69) is 11.4 Å². The summed E-state index contributed by atoms with van der Waals surface area (Å²) in [6.45, 7) is 1.67. The van der Waals surface area contributed by atoms with Crippen LogP contribution in [0.1, 0.15) is 10.4 Å². The first kappa shape index (κ1) is 18.2. The molecule has 7 heteroatoms. The molecule has 28 heavy (non-hydrogen) atoms. The quantitative estimate of drug-likeness (QED) is 0.467. The molecule has 1 N–H and O–H groups in total. The van der Waals surface area contributed by atoms with Crippen molar-refractivity contribution in [1.82, 2.24) is 4.57 Å². The van der Waals surface area contributed by atoms with Crippen LogP contribution in [-0.2, 0) is 0 Å². The van der Waals surface area contributed by atoms with Gasteiger partial charge in [0.2, 0.25) is 0 Å². The predicted octanol–water partition coefficient (Wildman–Crippen LogP) is 5.77. The maximum absolute atomic E-state index is 13.6. The van der Waals surface area contributed by atoms with E-state index in [-0.39, 0.29) is 11.4 Å². The number of aryl methyl sites for hydroxylation is 1. The number of nitrogens with zero attached hydrogens (tertiary/aromatic N) is 2. The molecule has 0 aliphatic heterocycles. The van der Waals surface area contributed by atoms with E-state index in [0.29, 0.717) is 42.7 Å². The summed E-state index contributed by atoms with van der Waals surface area (Å²) in [5.41, 5.74) is 2.04. The lowest BCUT2D eigenvalue weighted by molar-refractivity contribution is 0.619. The molecule has 0 aliphatic rings. The predicted molar refractivity (Wildman–Crippen MR) is 112 cm³/mol. The molecule has 0 unspecified atom stereocenters. The summed E-state index contributed by atoms with van der Waals surface area (Å²) >= 11 is 7.50. The number of nitriles is 1. The fourth-order valence-corrected chi connectivity index (χ4v) is 4.29. The average Bonchev–Trinajstić information content (AvgIpc) is 3.03. The minimum absolute atomic E-state index is 0.240. The summed E-state index contributed by atoms with van der Waals surface area (Å²) in [5, 5.41) is 14.0. The number of anilines is 2. The Balaban J connectivity index is 1.95. The van der Waals surface area contributed by atoms with Crippen LogP contribution in [0.15, 0.2) is 59.4 Å². The minimum Gasteiger partial charge on any atom is -0.353 e. The van der Waals surface area contributed by atoms with E-state index in [9.17, 15) is 14.4 Å². The first-order valence-corrected chi connectivity index (χ1v) is 9.56. The van der Waals surface area contributed by atoms with E-state index in [1.807, 2.05) is 0 Å². The highest BCUT2D eigenvalue weighted by Gasteiger charge is 2.18. The van der Waals surface area contributed by atoms with Crippen molar-refractivity contribution in [3.63, 3.8) is 0 Å². The van der Waals surface area contributed by atoms with Crippen LogP contribution < -0.4 is 10.9 Å². The van der Waals surface area contributed by atoms with Crippen molar-refractivity contribution in [3.8, 4) is 11.8 Å². The van der Waals surface area contributed by atoms with E-state index >= 15 is 0 Å². The molecule has 0 atom stereocenters. The SMILES string of the molecule is Cc1cc(Nc2c(C#N)sc3c2ccc(=O)n3-c2ccccc2Cl)ccc1F. The van der Waals surface area contributed by atoms with Crippen LogP contribution in [0, 0.1) is 24.1 Å². The molecule has 138 valence electrons. The number of halogens is 2. The number of pyridine rings is 1. The van der Waals surface area contributed by atoms with Gasteiger partial charge in [-0.2, -0.15) is 5.26 Å². The number of hydrogen-bond donors (Lipinski definition) is 1. The minimum atomic E-state index is -0.297. The Morgan fingerprint density at radius 2 is 1.96 bits per heavy atom. The molecule has 2 aromatic carbocycles. The molecule has 0 saturated carbocycles. The van der Waals surface area contributed by atoms with E-state index in [0.717, 1.165) is 0 Å². The summed E-state index contributed by atoms with van der Waals surface area (Å²) in [7, 11) is 0. The van der Waals surface area contributed by atoms with Crippen LogP contribution in [0.2, 0.25) is 5.02 Å². The van der Waals surface area contributed by atoms with Gasteiger partial charge in [-0.3, -0.25) is 9.36 Å². The Morgan fingerprint density at radius 3 is 2.68 bits per heavy atom. The molecule has 0 aliphatic carbocycles. The molecule has 2 heterocycles. The molecular formula is C21H13ClFN3OS. The third-order valence-electron chi connectivity index (χ3n) is 4.36. The lowest BCUT2D eigenvalue weighted by atomic mass is 10.2. The highest BCUT2D eigenvalue weighted by Crippen LogP contribution is 2.38. The van der Waals surface area contributed by atoms with Crippen molar-refractivity contribution in [2.45, 2.75) is 6.92 Å². The molecule has 0 bridgehead atoms. The Kier molecular flexibility index (Phi) is 4.63. The molecule has 0 spiro atoms. The Bertz CT molecular complexity index is 1320. The zero-order valence-corrected chi connectivity index (χ0v) is 16.2. The van der Waals surface area contributed by atoms with Gasteiger partial charge in [-0.05, 0) is 48.9 Å². The lowest BCUT2D eigenvalue weighted by Crippen LogP contribution is -2.16. The number of nitrogens with one attached hydrogen (secondary N) is 1. The fourth-order valence-electron chi connectivity index (χ4n) is 3.01. The number of para-hydroxylation sites is 1. The van der Waals surface area contributed by atoms with Gasteiger partial charge >= 0.3 is 0 Å². The van der Waals surface area contributed by atoms with Crippen molar-refractivity contribution < 1.29 is 4.39 Å². The number of fused-ring (bicyclic) bond motifs is 1. The maximum atomic E-state index is 13.6. The molecular weight excluding hydrogens is 397 g/mol. The van der Waals surface area contributed by atoms with Gasteiger partial charge in [0.1, 0.15) is 21.6 Å². The van der Waals surface area contributed by atoms with E-state index in [1.54, 1.807) is 49.4 Å². The monoisotopic (exact) mass is 409 g/mol. The number of aromatic nitrogens is 1. The molecule has 2 aromatic heterocycles. The van der Waals surface area contributed by atoms with Gasteiger partial charge < -0.3 is 5.32 Å². The van der Waals surface area contributed by atoms with Gasteiger partial charge in [-0.25, -0.2) is 4.39 Å². The van der Waals surface area contributed by atoms with Gasteiger partial charge in [0.05, 0.1) is 16.4 Å². The molecule has 0 fully saturated rings. The zero-order valence-electron chi connectivity index (χ0n) is 14.7. The summed E-state index contributed by atoms with van der Waals surface area (Å²) < 4.78 is 15.1. The van der Waals surface area contributed by atoms with E-state index in [4.69, 9.17) is 11.6 Å². The third-order valence-corrected chi connectivity index (χ3v) is 5.78. The first-order chi connectivity index (χ1) is 13.5. The molecule has 4 nitrogen and oxygen atoms in total. The van der Waals surface area contributed by atoms with Crippen molar-refractivity contribution in [2.24, 2.45) is 0 Å². The van der Waals surface area contributed by atoms with Crippen LogP contribution in [0.4, 0.5) is 15.8 Å². The molecule has 0 saturated heterocycles. The van der Waals surface area contributed by atoms with Gasteiger partial charge in [0, 0.05) is 17.1 Å². The summed E-state index contributed by atoms with van der Waals surface area (Å²) in [6, 6.07) is 17.0. The van der Waals surface area contributed by atoms with E-state index < -0.39 is 0 Å². The van der Waals surface area contributed by atoms with Gasteiger partial charge in [-0.1, -0.05) is 23.7 Å². The van der Waals surface area contributed by atoms with Crippen molar-refractivity contribution >= 4 is 44.5 Å². The largest absolute Gasteiger partial charge is 0.353 e. The Morgan fingerprint density at radius 1 is 1.18 bits per heavy atom. The smallest absolute Gasteiger partial charge is 0.256 e. The molecule has 0 amide bonds. The molecule has 0 radical (unpaired) electrons. The van der Waals surface area contributed by atoms with Gasteiger partial charge in [0.25, 0.3) is 5.56 Å². The molecule has 4 aromatic rings. The van der Waals surface area contributed by atoms with Crippen LogP contribution in [0.25, 0.3) is 15.9 Å². The first-order valence-electron chi connectivity index (χ1n) is 8.36. The Labute approximate surface area is 169 Å². The second-order valence-electron chi connectivity index (χ2n) is 6.18. The highest BCUT2D eigenvalue weighted by atomic mass is 35.5. The van der Waals surface area contributed by atoms with Crippen LogP contribution in [0.5, 0.6) is 0 Å². The van der Waals surface area contributed by atoms with Crippen molar-refractivity contribution in [3.05, 3.63) is 86.2 Å². The van der Waals surface area contributed by atoms with Crippen LogP contribution >= 0.6 is 22.9 Å². The topological polar surface area (TPSA) is 57.8 Å². The van der Waals surface area contributed by atoms with Crippen molar-refractivity contribution in [2.75, 3.05) is 5.32 Å². The number of hydrogen-bond acceptors (Lipinski definition) is 4. The number of rotatable bonds is 3. The average molecular weight is 410 g/mol. The van der Waals surface area contributed by atoms with Crippen molar-refractivity contribution in [1.29, 1.82) is 5.26 Å². The summed E-state index contributed by atoms with van der Waals surface area (Å²) in [6.07, 6.45) is 0. The lowest BCUT2D eigenvalue weighted by Gasteiger charge is -2.10. The molecule has 4 rings (SSSR count). The fraction of sp³-hybridized carbons (Fsp3) is 0.0476. The normalized spacial score (nSPS) is 10.8. The second kappa shape index (κ2) is 7.12. The maximum Gasteiger partial charge on any atom is 0.256 e. The third kappa shape index (κ3) is 3.05. The van der Waals surface area contributed by atoms with Gasteiger partial charge in [-0.15, -0.1) is 11.3 Å². The van der Waals surface area contributed by atoms with Crippen LogP contribution in [0.3, 0.4) is 0 Å².